The largest absolute Gasteiger partial charge is 0.0654 e. The minimum Gasteiger partial charge on any atom is -0.0654 e. The Balaban J connectivity index is 2.15. The van der Waals surface area contributed by atoms with Crippen molar-refractivity contribution in [2.75, 3.05) is 0 Å². The molecular formula is C13H22Br2. The Morgan fingerprint density at radius 3 is 2.33 bits per heavy atom. The molecule has 0 saturated heterocycles. The zero-order valence-corrected chi connectivity index (χ0v) is 12.8. The average molecular weight is 338 g/mol. The first-order valence-corrected chi connectivity index (χ1v) is 7.83. The fourth-order valence-electron chi connectivity index (χ4n) is 2.50. The molecule has 0 aromatic carbocycles. The Hall–Kier alpha value is 0.700. The van der Waals surface area contributed by atoms with Gasteiger partial charge >= 0.3 is 0 Å². The van der Waals surface area contributed by atoms with E-state index in [9.17, 15) is 0 Å². The smallest absolute Gasteiger partial charge is 0.0567 e. The Morgan fingerprint density at radius 1 is 1.13 bits per heavy atom. The van der Waals surface area contributed by atoms with Crippen molar-refractivity contribution in [1.82, 2.24) is 0 Å². The SMILES string of the molecule is CCCCC[C@H]1CC[C@H](C=C(Br)Br)CC1. The average Bonchev–Trinajstić information content (AvgIpc) is 2.20. The molecule has 0 aromatic heterocycles. The van der Waals surface area contributed by atoms with Crippen molar-refractivity contribution in [3.8, 4) is 0 Å². The molecule has 0 nitrogen and oxygen atoms in total. The molecule has 1 rings (SSSR count). The first kappa shape index (κ1) is 13.8. The first-order chi connectivity index (χ1) is 7.22. The van der Waals surface area contributed by atoms with E-state index in [1.54, 1.807) is 0 Å². The molecule has 0 N–H and O–H groups in total. The van der Waals surface area contributed by atoms with Crippen LogP contribution < -0.4 is 0 Å². The van der Waals surface area contributed by atoms with Gasteiger partial charge in [-0.2, -0.15) is 0 Å². The van der Waals surface area contributed by atoms with Crippen molar-refractivity contribution in [2.24, 2.45) is 11.8 Å². The van der Waals surface area contributed by atoms with Crippen molar-refractivity contribution >= 4 is 31.9 Å². The molecule has 1 saturated carbocycles. The number of hydrogen-bond donors (Lipinski definition) is 0. The summed E-state index contributed by atoms with van der Waals surface area (Å²) in [4.78, 5) is 0. The molecule has 0 amide bonds. The second-order valence-corrected chi connectivity index (χ2v) is 7.51. The third-order valence-corrected chi connectivity index (χ3v) is 4.00. The molecule has 0 aromatic rings. The van der Waals surface area contributed by atoms with Gasteiger partial charge in [-0.3, -0.25) is 0 Å². The second-order valence-electron chi connectivity index (χ2n) is 4.73. The van der Waals surface area contributed by atoms with Crippen molar-refractivity contribution in [1.29, 1.82) is 0 Å². The molecule has 0 atom stereocenters. The van der Waals surface area contributed by atoms with E-state index < -0.39 is 0 Å². The van der Waals surface area contributed by atoms with Crippen LogP contribution >= 0.6 is 31.9 Å². The Bertz CT molecular complexity index is 187. The summed E-state index contributed by atoms with van der Waals surface area (Å²) in [6.07, 6.45) is 13.7. The minimum absolute atomic E-state index is 0.807. The van der Waals surface area contributed by atoms with E-state index in [2.05, 4.69) is 44.9 Å². The van der Waals surface area contributed by atoms with Gasteiger partial charge in [-0.15, -0.1) is 0 Å². The lowest BCUT2D eigenvalue weighted by atomic mass is 9.80. The third-order valence-electron chi connectivity index (χ3n) is 3.47. The molecule has 1 aliphatic rings. The molecule has 88 valence electrons. The predicted octanol–water partition coefficient (Wildman–Crippen LogP) is 6.00. The maximum absolute atomic E-state index is 3.45. The summed E-state index contributed by atoms with van der Waals surface area (Å²) in [6, 6.07) is 0. The molecule has 0 bridgehead atoms. The summed E-state index contributed by atoms with van der Waals surface area (Å²) in [5.41, 5.74) is 0. The van der Waals surface area contributed by atoms with Gasteiger partial charge in [-0.05, 0) is 69.4 Å². The normalized spacial score (nSPS) is 26.3. The van der Waals surface area contributed by atoms with Crippen LogP contribution in [0.15, 0.2) is 9.47 Å². The van der Waals surface area contributed by atoms with Gasteiger partial charge < -0.3 is 0 Å². The molecule has 2 heteroatoms. The highest BCUT2D eigenvalue weighted by Gasteiger charge is 2.19. The first-order valence-electron chi connectivity index (χ1n) is 6.25. The van der Waals surface area contributed by atoms with Gasteiger partial charge in [-0.25, -0.2) is 0 Å². The van der Waals surface area contributed by atoms with Gasteiger partial charge in [0.05, 0.1) is 3.39 Å². The predicted molar refractivity (Wildman–Crippen MR) is 75.5 cm³/mol. The van der Waals surface area contributed by atoms with Crippen molar-refractivity contribution < 1.29 is 0 Å². The number of hydrogen-bond acceptors (Lipinski definition) is 0. The van der Waals surface area contributed by atoms with E-state index >= 15 is 0 Å². The number of rotatable bonds is 5. The Kier molecular flexibility index (Phi) is 7.24. The number of allylic oxidation sites excluding steroid dienone is 1. The highest BCUT2D eigenvalue weighted by Crippen LogP contribution is 2.34. The Labute approximate surface area is 111 Å². The highest BCUT2D eigenvalue weighted by molar-refractivity contribution is 9.28. The molecule has 0 radical (unpaired) electrons. The summed E-state index contributed by atoms with van der Waals surface area (Å²) in [5, 5.41) is 0. The van der Waals surface area contributed by atoms with E-state index in [1.807, 2.05) is 0 Å². The van der Waals surface area contributed by atoms with Crippen molar-refractivity contribution in [3.63, 3.8) is 0 Å². The molecule has 0 heterocycles. The number of halogens is 2. The lowest BCUT2D eigenvalue weighted by molar-refractivity contribution is 0.289. The fraction of sp³-hybridized carbons (Fsp3) is 0.846. The molecule has 0 unspecified atom stereocenters. The van der Waals surface area contributed by atoms with Gasteiger partial charge in [-0.1, -0.05) is 38.7 Å². The quantitative estimate of drug-likeness (QED) is 0.539. The van der Waals surface area contributed by atoms with E-state index in [1.165, 1.54) is 51.4 Å². The van der Waals surface area contributed by atoms with Gasteiger partial charge in [0.2, 0.25) is 0 Å². The van der Waals surface area contributed by atoms with Crippen molar-refractivity contribution in [3.05, 3.63) is 9.47 Å². The van der Waals surface area contributed by atoms with Crippen LogP contribution in [-0.4, -0.2) is 0 Å². The lowest BCUT2D eigenvalue weighted by Crippen LogP contribution is -2.13. The fourth-order valence-corrected chi connectivity index (χ4v) is 3.25. The van der Waals surface area contributed by atoms with Crippen LogP contribution in [0.1, 0.15) is 58.3 Å². The monoisotopic (exact) mass is 336 g/mol. The van der Waals surface area contributed by atoms with Gasteiger partial charge in [0.1, 0.15) is 0 Å². The van der Waals surface area contributed by atoms with Crippen molar-refractivity contribution in [2.45, 2.75) is 58.3 Å². The van der Waals surface area contributed by atoms with Crippen LogP contribution in [0.4, 0.5) is 0 Å². The highest BCUT2D eigenvalue weighted by atomic mass is 79.9. The molecular weight excluding hydrogens is 316 g/mol. The maximum atomic E-state index is 3.45. The third kappa shape index (κ3) is 6.11. The lowest BCUT2D eigenvalue weighted by Gasteiger charge is -2.26. The zero-order valence-electron chi connectivity index (χ0n) is 9.64. The molecule has 1 aliphatic carbocycles. The van der Waals surface area contributed by atoms with E-state index in [0.717, 1.165) is 15.2 Å². The second kappa shape index (κ2) is 7.89. The maximum Gasteiger partial charge on any atom is 0.0567 e. The zero-order chi connectivity index (χ0) is 11.1. The Morgan fingerprint density at radius 2 is 1.80 bits per heavy atom. The van der Waals surface area contributed by atoms with Crippen LogP contribution in [0.2, 0.25) is 0 Å². The summed E-state index contributed by atoms with van der Waals surface area (Å²) in [5.74, 6) is 1.83. The standard InChI is InChI=1S/C13H22Br2/c1-2-3-4-5-11-6-8-12(9-7-11)10-13(14)15/h10-12H,2-9H2,1H3/t11-,12-. The van der Waals surface area contributed by atoms with Gasteiger partial charge in [0.25, 0.3) is 0 Å². The topological polar surface area (TPSA) is 0 Å². The molecule has 0 aliphatic heterocycles. The van der Waals surface area contributed by atoms with Crippen LogP contribution in [0, 0.1) is 11.8 Å². The summed E-state index contributed by atoms with van der Waals surface area (Å²) in [6.45, 7) is 2.29. The van der Waals surface area contributed by atoms with E-state index in [4.69, 9.17) is 0 Å². The minimum atomic E-state index is 0.807. The number of unbranched alkanes of at least 4 members (excludes halogenated alkanes) is 2. The van der Waals surface area contributed by atoms with Crippen LogP contribution in [0.3, 0.4) is 0 Å². The summed E-state index contributed by atoms with van der Waals surface area (Å²) >= 11 is 6.91. The van der Waals surface area contributed by atoms with Crippen LogP contribution in [0.5, 0.6) is 0 Å². The van der Waals surface area contributed by atoms with Crippen LogP contribution in [0.25, 0.3) is 0 Å². The van der Waals surface area contributed by atoms with Crippen LogP contribution in [-0.2, 0) is 0 Å². The summed E-state index contributed by atoms with van der Waals surface area (Å²) < 4.78 is 1.13. The van der Waals surface area contributed by atoms with Gasteiger partial charge in [0, 0.05) is 0 Å². The molecule has 15 heavy (non-hydrogen) atoms. The van der Waals surface area contributed by atoms with Gasteiger partial charge in [0.15, 0.2) is 0 Å². The summed E-state index contributed by atoms with van der Waals surface area (Å²) in [7, 11) is 0. The molecule has 0 spiro atoms. The molecule has 1 fully saturated rings. The van der Waals surface area contributed by atoms with E-state index in [-0.39, 0.29) is 0 Å². The van der Waals surface area contributed by atoms with E-state index in [0.29, 0.717) is 0 Å².